The summed E-state index contributed by atoms with van der Waals surface area (Å²) in [5.41, 5.74) is 3.44. The van der Waals surface area contributed by atoms with Gasteiger partial charge in [-0.25, -0.2) is 0 Å². The zero-order valence-corrected chi connectivity index (χ0v) is 25.5. The first kappa shape index (κ1) is 29.5. The Bertz CT molecular complexity index is 1570. The van der Waals surface area contributed by atoms with Gasteiger partial charge in [0.05, 0.1) is 17.5 Å². The molecule has 8 heteroatoms. The van der Waals surface area contributed by atoms with E-state index in [1.54, 1.807) is 49.2 Å². The number of carbonyl (C=O) groups is 2. The number of carbonyl (C=O) groups excluding carboxylic acids is 2. The number of hydrogen-bond acceptors (Lipinski definition) is 6. The minimum atomic E-state index is -0.260. The van der Waals surface area contributed by atoms with Crippen molar-refractivity contribution in [1.29, 1.82) is 0 Å². The zero-order valence-electron chi connectivity index (χ0n) is 25.5. The molecule has 0 spiro atoms. The van der Waals surface area contributed by atoms with Gasteiger partial charge < -0.3 is 29.2 Å². The fourth-order valence-corrected chi connectivity index (χ4v) is 6.26. The molecule has 1 aromatic heterocycles. The van der Waals surface area contributed by atoms with Crippen LogP contribution in [0.15, 0.2) is 89.5 Å². The minimum absolute atomic E-state index is 0.187. The summed E-state index contributed by atoms with van der Waals surface area (Å²) in [5, 5.41) is 2.84. The number of anilines is 3. The summed E-state index contributed by atoms with van der Waals surface area (Å²) >= 11 is 0. The molecule has 0 atom stereocenters. The molecule has 44 heavy (non-hydrogen) atoms. The Hall–Kier alpha value is -4.56. The third kappa shape index (κ3) is 6.65. The van der Waals surface area contributed by atoms with Crippen LogP contribution in [0.5, 0.6) is 11.5 Å². The predicted molar refractivity (Wildman–Crippen MR) is 174 cm³/mol. The maximum absolute atomic E-state index is 13.4. The predicted octanol–water partition coefficient (Wildman–Crippen LogP) is 7.36. The standard InChI is InChI=1S/C36H40N4O4/c1-26-32(20-25-43-26)35(41)37-28-12-10-27(11-13-28)36(42)38(2)33-8-4-5-9-34(33)44-31-16-14-29(15-17-31)40-23-18-30(19-24-40)39-21-6-3-7-22-39/h4-5,8-17,20,25,30H,3,6-7,18-19,21-24H2,1-2H3,(H,37,41). The fourth-order valence-electron chi connectivity index (χ4n) is 6.26. The van der Waals surface area contributed by atoms with Gasteiger partial charge in [0.25, 0.3) is 11.8 Å². The van der Waals surface area contributed by atoms with Gasteiger partial charge >= 0.3 is 0 Å². The van der Waals surface area contributed by atoms with Crippen molar-refractivity contribution in [2.24, 2.45) is 0 Å². The lowest BCUT2D eigenvalue weighted by molar-refractivity contribution is 0.0991. The van der Waals surface area contributed by atoms with Crippen molar-refractivity contribution in [1.82, 2.24) is 4.90 Å². The van der Waals surface area contributed by atoms with E-state index in [0.29, 0.717) is 34.0 Å². The molecule has 4 aromatic rings. The molecule has 6 rings (SSSR count). The number of para-hydroxylation sites is 2. The van der Waals surface area contributed by atoms with Crippen LogP contribution in [-0.2, 0) is 0 Å². The van der Waals surface area contributed by atoms with Gasteiger partial charge in [-0.2, -0.15) is 0 Å². The number of rotatable bonds is 8. The van der Waals surface area contributed by atoms with E-state index in [0.717, 1.165) is 24.9 Å². The van der Waals surface area contributed by atoms with E-state index in [1.807, 2.05) is 36.4 Å². The summed E-state index contributed by atoms with van der Waals surface area (Å²) < 4.78 is 11.5. The lowest BCUT2D eigenvalue weighted by atomic mass is 9.99. The van der Waals surface area contributed by atoms with Crippen LogP contribution >= 0.6 is 0 Å². The number of piperidine rings is 2. The molecule has 0 aliphatic carbocycles. The van der Waals surface area contributed by atoms with Crippen LogP contribution in [0.4, 0.5) is 17.1 Å². The third-order valence-electron chi connectivity index (χ3n) is 8.83. The van der Waals surface area contributed by atoms with Crippen LogP contribution < -0.4 is 19.9 Å². The first-order chi connectivity index (χ1) is 21.5. The summed E-state index contributed by atoms with van der Waals surface area (Å²) in [5.74, 6) is 1.42. The normalized spacial score (nSPS) is 16.0. The highest BCUT2D eigenvalue weighted by atomic mass is 16.5. The highest BCUT2D eigenvalue weighted by Gasteiger charge is 2.26. The number of aryl methyl sites for hydroxylation is 1. The van der Waals surface area contributed by atoms with E-state index < -0.39 is 0 Å². The molecule has 0 radical (unpaired) electrons. The molecule has 2 aliphatic rings. The first-order valence-electron chi connectivity index (χ1n) is 15.6. The van der Waals surface area contributed by atoms with E-state index >= 15 is 0 Å². The fraction of sp³-hybridized carbons (Fsp3) is 0.333. The van der Waals surface area contributed by atoms with Gasteiger partial charge in [-0.15, -0.1) is 0 Å². The second-order valence-corrected chi connectivity index (χ2v) is 11.7. The van der Waals surface area contributed by atoms with Crippen molar-refractivity contribution in [2.45, 2.75) is 45.1 Å². The summed E-state index contributed by atoms with van der Waals surface area (Å²) in [6, 6.07) is 25.0. The molecule has 2 saturated heterocycles. The Kier molecular flexibility index (Phi) is 8.98. The topological polar surface area (TPSA) is 78.3 Å². The van der Waals surface area contributed by atoms with Crippen LogP contribution in [0, 0.1) is 6.92 Å². The molecule has 0 bridgehead atoms. The van der Waals surface area contributed by atoms with Gasteiger partial charge in [0.2, 0.25) is 0 Å². The molecule has 1 N–H and O–H groups in total. The molecule has 3 aromatic carbocycles. The number of furan rings is 1. The SMILES string of the molecule is Cc1occc1C(=O)Nc1ccc(C(=O)N(C)c2ccccc2Oc2ccc(N3CCC(N4CCCCC4)CC3)cc2)cc1. The molecule has 0 unspecified atom stereocenters. The molecule has 0 saturated carbocycles. The number of nitrogens with one attached hydrogen (secondary N) is 1. The monoisotopic (exact) mass is 592 g/mol. The molecule has 8 nitrogen and oxygen atoms in total. The summed E-state index contributed by atoms with van der Waals surface area (Å²) in [6.07, 6.45) is 7.98. The first-order valence-corrected chi connectivity index (χ1v) is 15.6. The Morgan fingerprint density at radius 1 is 0.864 bits per heavy atom. The Morgan fingerprint density at radius 2 is 1.57 bits per heavy atom. The van der Waals surface area contributed by atoms with Gasteiger partial charge in [-0.1, -0.05) is 18.6 Å². The van der Waals surface area contributed by atoms with Crippen LogP contribution in [0.1, 0.15) is 58.6 Å². The average Bonchev–Trinajstić information content (AvgIpc) is 3.51. The molecule has 3 heterocycles. The zero-order chi connectivity index (χ0) is 30.5. The molecular weight excluding hydrogens is 552 g/mol. The van der Waals surface area contributed by atoms with Gasteiger partial charge in [0, 0.05) is 43.1 Å². The number of nitrogens with zero attached hydrogens (tertiary/aromatic N) is 3. The van der Waals surface area contributed by atoms with Crippen molar-refractivity contribution >= 4 is 28.9 Å². The average molecular weight is 593 g/mol. The van der Waals surface area contributed by atoms with Gasteiger partial charge in [0.15, 0.2) is 5.75 Å². The number of likely N-dealkylation sites (tertiary alicyclic amines) is 1. The summed E-state index contributed by atoms with van der Waals surface area (Å²) in [4.78, 5) is 32.7. The Morgan fingerprint density at radius 3 is 2.25 bits per heavy atom. The third-order valence-corrected chi connectivity index (χ3v) is 8.83. The second-order valence-electron chi connectivity index (χ2n) is 11.7. The lowest BCUT2D eigenvalue weighted by Gasteiger charge is -2.41. The van der Waals surface area contributed by atoms with E-state index in [2.05, 4.69) is 27.2 Å². The Labute approximate surface area is 259 Å². The van der Waals surface area contributed by atoms with E-state index in [1.165, 1.54) is 57.1 Å². The number of hydrogen-bond donors (Lipinski definition) is 1. The van der Waals surface area contributed by atoms with Crippen LogP contribution in [0.3, 0.4) is 0 Å². The summed E-state index contributed by atoms with van der Waals surface area (Å²) in [6.45, 7) is 6.42. The Balaban J connectivity index is 1.07. The largest absolute Gasteiger partial charge is 0.469 e. The van der Waals surface area contributed by atoms with Crippen molar-refractivity contribution in [2.75, 3.05) is 48.3 Å². The maximum atomic E-state index is 13.4. The summed E-state index contributed by atoms with van der Waals surface area (Å²) in [7, 11) is 1.73. The van der Waals surface area contributed by atoms with Crippen molar-refractivity contribution in [3.63, 3.8) is 0 Å². The number of amides is 2. The second kappa shape index (κ2) is 13.4. The molecule has 228 valence electrons. The van der Waals surface area contributed by atoms with E-state index in [4.69, 9.17) is 9.15 Å². The van der Waals surface area contributed by atoms with E-state index in [9.17, 15) is 9.59 Å². The molecule has 2 amide bonds. The number of benzene rings is 3. The molecular formula is C36H40N4O4. The van der Waals surface area contributed by atoms with Crippen LogP contribution in [0.2, 0.25) is 0 Å². The smallest absolute Gasteiger partial charge is 0.259 e. The van der Waals surface area contributed by atoms with Crippen molar-refractivity contribution in [3.8, 4) is 11.5 Å². The van der Waals surface area contributed by atoms with Gasteiger partial charge in [-0.05, 0) is 112 Å². The van der Waals surface area contributed by atoms with Gasteiger partial charge in [-0.3, -0.25) is 9.59 Å². The lowest BCUT2D eigenvalue weighted by Crippen LogP contribution is -2.46. The van der Waals surface area contributed by atoms with Crippen LogP contribution in [0.25, 0.3) is 0 Å². The van der Waals surface area contributed by atoms with Crippen LogP contribution in [-0.4, -0.2) is 56.0 Å². The quantitative estimate of drug-likeness (QED) is 0.230. The van der Waals surface area contributed by atoms with E-state index in [-0.39, 0.29) is 11.8 Å². The molecule has 2 aliphatic heterocycles. The highest BCUT2D eigenvalue weighted by Crippen LogP contribution is 2.34. The molecule has 2 fully saturated rings. The maximum Gasteiger partial charge on any atom is 0.259 e. The van der Waals surface area contributed by atoms with Gasteiger partial charge in [0.1, 0.15) is 11.5 Å². The van der Waals surface area contributed by atoms with Crippen molar-refractivity contribution < 1.29 is 18.7 Å². The van der Waals surface area contributed by atoms with Crippen molar-refractivity contribution in [3.05, 3.63) is 102 Å². The number of ether oxygens (including phenoxy) is 1. The highest BCUT2D eigenvalue weighted by molar-refractivity contribution is 6.08. The minimum Gasteiger partial charge on any atom is -0.469 e.